The van der Waals surface area contributed by atoms with E-state index in [4.69, 9.17) is 0 Å². The van der Waals surface area contributed by atoms with Crippen LogP contribution in [-0.2, 0) is 0 Å². The number of carbonyl (C=O) groups is 1. The molecule has 0 amide bonds. The van der Waals surface area contributed by atoms with Gasteiger partial charge in [-0.25, -0.2) is 4.79 Å². The Balaban J connectivity index is 2.15. The van der Waals surface area contributed by atoms with Crippen molar-refractivity contribution in [2.75, 3.05) is 38.6 Å². The maximum Gasteiger partial charge on any atom is 0.337 e. The third kappa shape index (κ3) is 3.26. The Bertz CT molecular complexity index is 473. The van der Waals surface area contributed by atoms with Crippen LogP contribution in [0.15, 0.2) is 18.2 Å². The zero-order valence-corrected chi connectivity index (χ0v) is 11.9. The van der Waals surface area contributed by atoms with Gasteiger partial charge in [0.05, 0.1) is 11.3 Å². The Kier molecular flexibility index (Phi) is 4.10. The lowest BCUT2D eigenvalue weighted by Gasteiger charge is -2.25. The van der Waals surface area contributed by atoms with Gasteiger partial charge in [-0.3, -0.25) is 0 Å². The fraction of sp³-hybridized carbons (Fsp3) is 0.533. The molecule has 0 radical (unpaired) electrons. The number of hydrogen-bond acceptors (Lipinski definition) is 3. The van der Waals surface area contributed by atoms with Gasteiger partial charge in [0.25, 0.3) is 0 Å². The summed E-state index contributed by atoms with van der Waals surface area (Å²) in [7, 11) is 4.12. The molecule has 1 aliphatic heterocycles. The second-order valence-corrected chi connectivity index (χ2v) is 5.62. The summed E-state index contributed by atoms with van der Waals surface area (Å²) in [6.07, 6.45) is 1.19. The van der Waals surface area contributed by atoms with E-state index in [1.807, 2.05) is 26.1 Å². The Morgan fingerprint density at radius 1 is 1.53 bits per heavy atom. The number of anilines is 1. The number of benzene rings is 1. The van der Waals surface area contributed by atoms with Gasteiger partial charge in [0, 0.05) is 20.1 Å². The van der Waals surface area contributed by atoms with E-state index < -0.39 is 5.97 Å². The molecular weight excluding hydrogens is 240 g/mol. The van der Waals surface area contributed by atoms with E-state index in [0.29, 0.717) is 11.5 Å². The van der Waals surface area contributed by atoms with Crippen LogP contribution in [-0.4, -0.2) is 49.7 Å². The topological polar surface area (TPSA) is 43.8 Å². The lowest BCUT2D eigenvalue weighted by molar-refractivity contribution is 0.0697. The number of rotatable bonds is 4. The average molecular weight is 262 g/mol. The summed E-state index contributed by atoms with van der Waals surface area (Å²) < 4.78 is 0. The lowest BCUT2D eigenvalue weighted by Crippen LogP contribution is -2.28. The Labute approximate surface area is 114 Å². The third-order valence-electron chi connectivity index (χ3n) is 3.82. The van der Waals surface area contributed by atoms with Crippen LogP contribution < -0.4 is 4.90 Å². The standard InChI is InChI=1S/C15H22N2O2/c1-11-4-5-13(15(18)19)14(8-11)17(3)10-12-6-7-16(2)9-12/h4-5,8,12H,6-7,9-10H2,1-3H3,(H,18,19). The molecule has 0 spiro atoms. The Hall–Kier alpha value is -1.55. The lowest BCUT2D eigenvalue weighted by atomic mass is 10.1. The van der Waals surface area contributed by atoms with Crippen LogP contribution in [0.3, 0.4) is 0 Å². The van der Waals surface area contributed by atoms with Crippen molar-refractivity contribution in [2.45, 2.75) is 13.3 Å². The first-order chi connectivity index (χ1) is 8.97. The summed E-state index contributed by atoms with van der Waals surface area (Å²) in [4.78, 5) is 15.7. The highest BCUT2D eigenvalue weighted by molar-refractivity contribution is 5.94. The molecule has 19 heavy (non-hydrogen) atoms. The number of carboxylic acid groups (broad SMARTS) is 1. The number of carboxylic acids is 1. The Morgan fingerprint density at radius 3 is 2.84 bits per heavy atom. The minimum Gasteiger partial charge on any atom is -0.478 e. The number of aromatic carboxylic acids is 1. The predicted octanol–water partition coefficient (Wildman–Crippen LogP) is 2.08. The van der Waals surface area contributed by atoms with Crippen LogP contribution in [0.25, 0.3) is 0 Å². The van der Waals surface area contributed by atoms with Crippen LogP contribution in [0.1, 0.15) is 22.3 Å². The van der Waals surface area contributed by atoms with Gasteiger partial charge >= 0.3 is 5.97 Å². The molecule has 1 fully saturated rings. The van der Waals surface area contributed by atoms with Gasteiger partial charge in [-0.1, -0.05) is 6.07 Å². The van der Waals surface area contributed by atoms with Crippen LogP contribution in [0.2, 0.25) is 0 Å². The summed E-state index contributed by atoms with van der Waals surface area (Å²) in [5.74, 6) is -0.234. The first-order valence-corrected chi connectivity index (χ1v) is 6.71. The summed E-state index contributed by atoms with van der Waals surface area (Å²) >= 11 is 0. The summed E-state index contributed by atoms with van der Waals surface area (Å²) in [5, 5.41) is 9.27. The van der Waals surface area contributed by atoms with Gasteiger partial charge in [0.1, 0.15) is 0 Å². The highest BCUT2D eigenvalue weighted by Crippen LogP contribution is 2.24. The molecule has 1 aromatic rings. The molecule has 1 aromatic carbocycles. The Morgan fingerprint density at radius 2 is 2.26 bits per heavy atom. The maximum atomic E-state index is 11.3. The molecule has 0 aliphatic carbocycles. The fourth-order valence-electron chi connectivity index (χ4n) is 2.80. The average Bonchev–Trinajstić information content (AvgIpc) is 2.74. The molecule has 1 heterocycles. The van der Waals surface area contributed by atoms with Gasteiger partial charge < -0.3 is 14.9 Å². The third-order valence-corrected chi connectivity index (χ3v) is 3.82. The summed E-state index contributed by atoms with van der Waals surface area (Å²) in [6, 6.07) is 5.51. The monoisotopic (exact) mass is 262 g/mol. The van der Waals surface area contributed by atoms with E-state index in [2.05, 4.69) is 16.8 Å². The van der Waals surface area contributed by atoms with Gasteiger partial charge in [0.2, 0.25) is 0 Å². The first kappa shape index (κ1) is 13.9. The minimum absolute atomic E-state index is 0.388. The minimum atomic E-state index is -0.856. The SMILES string of the molecule is Cc1ccc(C(=O)O)c(N(C)CC2CCN(C)C2)c1. The van der Waals surface area contributed by atoms with Crippen molar-refractivity contribution in [1.82, 2.24) is 4.90 Å². The fourth-order valence-corrected chi connectivity index (χ4v) is 2.80. The molecular formula is C15H22N2O2. The quantitative estimate of drug-likeness (QED) is 0.902. The van der Waals surface area contributed by atoms with Crippen LogP contribution >= 0.6 is 0 Å². The van der Waals surface area contributed by atoms with Gasteiger partial charge in [0.15, 0.2) is 0 Å². The summed E-state index contributed by atoms with van der Waals surface area (Å²) in [6.45, 7) is 5.14. The molecule has 4 nitrogen and oxygen atoms in total. The number of aryl methyl sites for hydroxylation is 1. The van der Waals surface area contributed by atoms with Gasteiger partial charge in [-0.2, -0.15) is 0 Å². The molecule has 1 N–H and O–H groups in total. The van der Waals surface area contributed by atoms with Crippen molar-refractivity contribution in [3.8, 4) is 0 Å². The molecule has 1 unspecified atom stereocenters. The summed E-state index contributed by atoms with van der Waals surface area (Å²) in [5.41, 5.74) is 2.30. The van der Waals surface area contributed by atoms with Crippen molar-refractivity contribution in [3.63, 3.8) is 0 Å². The molecule has 104 valence electrons. The maximum absolute atomic E-state index is 11.3. The van der Waals surface area contributed by atoms with Crippen LogP contribution in [0, 0.1) is 12.8 Å². The van der Waals surface area contributed by atoms with Crippen molar-refractivity contribution in [3.05, 3.63) is 29.3 Å². The molecule has 0 aromatic heterocycles. The van der Waals surface area contributed by atoms with Crippen molar-refractivity contribution in [2.24, 2.45) is 5.92 Å². The van der Waals surface area contributed by atoms with Crippen molar-refractivity contribution in [1.29, 1.82) is 0 Å². The predicted molar refractivity (Wildman–Crippen MR) is 77.0 cm³/mol. The molecule has 0 bridgehead atoms. The van der Waals surface area contributed by atoms with E-state index in [-0.39, 0.29) is 0 Å². The van der Waals surface area contributed by atoms with Crippen molar-refractivity contribution < 1.29 is 9.90 Å². The molecule has 1 aliphatic rings. The number of likely N-dealkylation sites (tertiary alicyclic amines) is 1. The van der Waals surface area contributed by atoms with Gasteiger partial charge in [-0.05, 0) is 50.6 Å². The molecule has 1 atom stereocenters. The van der Waals surface area contributed by atoms with Crippen LogP contribution in [0.5, 0.6) is 0 Å². The second-order valence-electron chi connectivity index (χ2n) is 5.62. The van der Waals surface area contributed by atoms with E-state index >= 15 is 0 Å². The highest BCUT2D eigenvalue weighted by atomic mass is 16.4. The van der Waals surface area contributed by atoms with Gasteiger partial charge in [-0.15, -0.1) is 0 Å². The molecule has 1 saturated heterocycles. The first-order valence-electron chi connectivity index (χ1n) is 6.71. The van der Waals surface area contributed by atoms with E-state index in [0.717, 1.165) is 30.9 Å². The molecule has 4 heteroatoms. The largest absolute Gasteiger partial charge is 0.478 e. The van der Waals surface area contributed by atoms with Crippen LogP contribution in [0.4, 0.5) is 5.69 Å². The van der Waals surface area contributed by atoms with E-state index in [1.165, 1.54) is 6.42 Å². The van der Waals surface area contributed by atoms with E-state index in [9.17, 15) is 9.90 Å². The zero-order valence-electron chi connectivity index (χ0n) is 11.9. The highest BCUT2D eigenvalue weighted by Gasteiger charge is 2.22. The molecule has 2 rings (SSSR count). The smallest absolute Gasteiger partial charge is 0.337 e. The second kappa shape index (κ2) is 5.61. The normalized spacial score (nSPS) is 19.6. The van der Waals surface area contributed by atoms with Crippen molar-refractivity contribution >= 4 is 11.7 Å². The van der Waals surface area contributed by atoms with E-state index in [1.54, 1.807) is 6.07 Å². The zero-order chi connectivity index (χ0) is 14.0. The molecule has 0 saturated carbocycles. The number of hydrogen-bond donors (Lipinski definition) is 1. The number of nitrogens with zero attached hydrogens (tertiary/aromatic N) is 2.